The number of nitrogens with one attached hydrogen (secondary N) is 1. The van der Waals surface area contributed by atoms with E-state index in [1.807, 2.05) is 30.3 Å². The normalized spacial score (nSPS) is 21.9. The van der Waals surface area contributed by atoms with Gasteiger partial charge in [-0.25, -0.2) is 9.37 Å². The van der Waals surface area contributed by atoms with Crippen LogP contribution in [0.5, 0.6) is 0 Å². The van der Waals surface area contributed by atoms with Crippen molar-refractivity contribution in [2.45, 2.75) is 58.0 Å². The monoisotopic (exact) mass is 448 g/mol. The fourth-order valence-electron chi connectivity index (χ4n) is 5.41. The summed E-state index contributed by atoms with van der Waals surface area (Å²) in [4.78, 5) is 20.2. The highest BCUT2D eigenvalue weighted by molar-refractivity contribution is 5.80. The van der Waals surface area contributed by atoms with E-state index in [1.54, 1.807) is 0 Å². The fraction of sp³-hybridized carbons (Fsp3) is 0.481. The van der Waals surface area contributed by atoms with Crippen LogP contribution in [0.25, 0.3) is 11.0 Å². The Morgan fingerprint density at radius 2 is 1.76 bits per heavy atom. The van der Waals surface area contributed by atoms with E-state index in [0.717, 1.165) is 54.9 Å². The van der Waals surface area contributed by atoms with E-state index >= 15 is 0 Å². The molecule has 6 heteroatoms. The second kappa shape index (κ2) is 9.54. The Balaban J connectivity index is 1.30. The van der Waals surface area contributed by atoms with Crippen molar-refractivity contribution in [3.05, 3.63) is 59.9 Å². The maximum atomic E-state index is 13.4. The molecule has 1 aliphatic carbocycles. The van der Waals surface area contributed by atoms with Gasteiger partial charge in [0, 0.05) is 25.0 Å². The van der Waals surface area contributed by atoms with Crippen LogP contribution in [0.2, 0.25) is 0 Å². The molecule has 0 bridgehead atoms. The number of carbonyl (C=O) groups is 1. The van der Waals surface area contributed by atoms with Gasteiger partial charge in [0.1, 0.15) is 5.82 Å². The minimum atomic E-state index is -0.225. The topological polar surface area (TPSA) is 50.2 Å². The number of carbonyl (C=O) groups excluding carboxylic acids is 1. The number of amides is 1. The first-order chi connectivity index (χ1) is 16.1. The molecule has 5 rings (SSSR count). The van der Waals surface area contributed by atoms with E-state index in [2.05, 4.69) is 27.8 Å². The number of hydrogen-bond acceptors (Lipinski definition) is 3. The van der Waals surface area contributed by atoms with Gasteiger partial charge < -0.3 is 14.8 Å². The number of aromatic nitrogens is 2. The molecule has 1 aromatic heterocycles. The largest absolute Gasteiger partial charge is 0.353 e. The molecule has 2 heterocycles. The molecule has 2 aromatic carbocycles. The summed E-state index contributed by atoms with van der Waals surface area (Å²) in [5.74, 6) is 1.59. The van der Waals surface area contributed by atoms with Crippen LogP contribution in [0, 0.1) is 17.7 Å². The average Bonchev–Trinajstić information content (AvgIpc) is 3.20. The van der Waals surface area contributed by atoms with Crippen LogP contribution in [0.3, 0.4) is 0 Å². The number of nitrogens with zero attached hydrogens (tertiary/aromatic N) is 3. The van der Waals surface area contributed by atoms with Crippen molar-refractivity contribution >= 4 is 22.9 Å². The highest BCUT2D eigenvalue weighted by Crippen LogP contribution is 2.29. The van der Waals surface area contributed by atoms with Crippen molar-refractivity contribution in [2.75, 3.05) is 18.0 Å². The van der Waals surface area contributed by atoms with Crippen LogP contribution in [0.4, 0.5) is 10.3 Å². The summed E-state index contributed by atoms with van der Waals surface area (Å²) in [5.41, 5.74) is 3.07. The zero-order valence-electron chi connectivity index (χ0n) is 19.3. The lowest BCUT2D eigenvalue weighted by atomic mass is 9.85. The summed E-state index contributed by atoms with van der Waals surface area (Å²) in [6.07, 6.45) is 6.51. The molecular formula is C27H33FN4O. The van der Waals surface area contributed by atoms with Gasteiger partial charge in [0.25, 0.3) is 0 Å². The number of fused-ring (bicyclic) bond motifs is 1. The van der Waals surface area contributed by atoms with Gasteiger partial charge in [0.2, 0.25) is 11.9 Å². The molecule has 174 valence electrons. The van der Waals surface area contributed by atoms with E-state index in [4.69, 9.17) is 4.98 Å². The number of halogens is 1. The number of anilines is 1. The van der Waals surface area contributed by atoms with Crippen molar-refractivity contribution in [3.8, 4) is 0 Å². The summed E-state index contributed by atoms with van der Waals surface area (Å²) in [6.45, 7) is 4.52. The van der Waals surface area contributed by atoms with Crippen LogP contribution in [-0.2, 0) is 11.3 Å². The minimum absolute atomic E-state index is 0.0744. The third kappa shape index (κ3) is 4.75. The van der Waals surface area contributed by atoms with E-state index in [-0.39, 0.29) is 17.6 Å². The summed E-state index contributed by atoms with van der Waals surface area (Å²) in [7, 11) is 0. The predicted octanol–water partition coefficient (Wildman–Crippen LogP) is 5.14. The lowest BCUT2D eigenvalue weighted by Gasteiger charge is -2.35. The Morgan fingerprint density at radius 3 is 2.52 bits per heavy atom. The zero-order valence-corrected chi connectivity index (χ0v) is 19.3. The molecule has 1 N–H and O–H groups in total. The van der Waals surface area contributed by atoms with Crippen LogP contribution < -0.4 is 10.2 Å². The standard InChI is InChI=1S/C27H33FN4O/c1-19-6-2-3-7-23(19)29-26(33)21-14-16-31(17-15-21)27-30-24-8-4-5-9-25(24)32(27)18-20-10-12-22(28)13-11-20/h4-5,8-13,19,21,23H,2-3,6-7,14-18H2,1H3,(H,29,33)/t19-,23-/m0/s1. The molecule has 2 atom stereocenters. The number of rotatable bonds is 5. The van der Waals surface area contributed by atoms with E-state index < -0.39 is 0 Å². The Labute approximate surface area is 195 Å². The molecule has 1 saturated heterocycles. The average molecular weight is 449 g/mol. The first kappa shape index (κ1) is 21.9. The van der Waals surface area contributed by atoms with E-state index in [1.165, 1.54) is 31.4 Å². The third-order valence-corrected chi connectivity index (χ3v) is 7.48. The maximum absolute atomic E-state index is 13.4. The molecular weight excluding hydrogens is 415 g/mol. The highest BCUT2D eigenvalue weighted by Gasteiger charge is 2.30. The zero-order chi connectivity index (χ0) is 22.8. The van der Waals surface area contributed by atoms with E-state index in [9.17, 15) is 9.18 Å². The van der Waals surface area contributed by atoms with Crippen LogP contribution in [0.15, 0.2) is 48.5 Å². The maximum Gasteiger partial charge on any atom is 0.223 e. The molecule has 3 aromatic rings. The third-order valence-electron chi connectivity index (χ3n) is 7.48. The van der Waals surface area contributed by atoms with Gasteiger partial charge in [0.15, 0.2) is 0 Å². The Hall–Kier alpha value is -2.89. The summed E-state index contributed by atoms with van der Waals surface area (Å²) >= 11 is 0. The van der Waals surface area contributed by atoms with Crippen LogP contribution in [0.1, 0.15) is 51.0 Å². The quantitative estimate of drug-likeness (QED) is 0.588. The Bertz CT molecular complexity index is 1100. The van der Waals surface area contributed by atoms with Gasteiger partial charge in [0.05, 0.1) is 17.6 Å². The molecule has 1 aliphatic heterocycles. The smallest absolute Gasteiger partial charge is 0.223 e. The first-order valence-electron chi connectivity index (χ1n) is 12.3. The number of imidazole rings is 1. The molecule has 0 spiro atoms. The number of piperidine rings is 1. The van der Waals surface area contributed by atoms with Gasteiger partial charge in [-0.1, -0.05) is 44.0 Å². The molecule has 2 fully saturated rings. The SMILES string of the molecule is C[C@H]1CCCC[C@@H]1NC(=O)C1CCN(c2nc3ccccc3n2Cc2ccc(F)cc2)CC1. The van der Waals surface area contributed by atoms with Crippen LogP contribution >= 0.6 is 0 Å². The van der Waals surface area contributed by atoms with Crippen molar-refractivity contribution in [1.82, 2.24) is 14.9 Å². The second-order valence-corrected chi connectivity index (χ2v) is 9.75. The lowest BCUT2D eigenvalue weighted by Crippen LogP contribution is -2.47. The first-order valence-corrected chi connectivity index (χ1v) is 12.3. The molecule has 1 amide bonds. The molecule has 5 nitrogen and oxygen atoms in total. The molecule has 0 unspecified atom stereocenters. The lowest BCUT2D eigenvalue weighted by molar-refractivity contribution is -0.126. The number of hydrogen-bond donors (Lipinski definition) is 1. The van der Waals surface area contributed by atoms with Crippen molar-refractivity contribution < 1.29 is 9.18 Å². The Morgan fingerprint density at radius 1 is 1.03 bits per heavy atom. The molecule has 1 saturated carbocycles. The predicted molar refractivity (Wildman–Crippen MR) is 130 cm³/mol. The molecule has 33 heavy (non-hydrogen) atoms. The Kier molecular flexibility index (Phi) is 6.34. The molecule has 2 aliphatic rings. The minimum Gasteiger partial charge on any atom is -0.353 e. The number of para-hydroxylation sites is 2. The van der Waals surface area contributed by atoms with Gasteiger partial charge in [-0.3, -0.25) is 4.79 Å². The van der Waals surface area contributed by atoms with Crippen molar-refractivity contribution in [2.24, 2.45) is 11.8 Å². The van der Waals surface area contributed by atoms with Gasteiger partial charge in [-0.05, 0) is 61.4 Å². The van der Waals surface area contributed by atoms with Crippen molar-refractivity contribution in [3.63, 3.8) is 0 Å². The summed E-state index contributed by atoms with van der Waals surface area (Å²) in [5, 5.41) is 3.35. The van der Waals surface area contributed by atoms with Gasteiger partial charge in [-0.2, -0.15) is 0 Å². The number of benzene rings is 2. The van der Waals surface area contributed by atoms with Gasteiger partial charge >= 0.3 is 0 Å². The highest BCUT2D eigenvalue weighted by atomic mass is 19.1. The van der Waals surface area contributed by atoms with E-state index in [0.29, 0.717) is 18.5 Å². The summed E-state index contributed by atoms with van der Waals surface area (Å²) in [6, 6.07) is 15.2. The fourth-order valence-corrected chi connectivity index (χ4v) is 5.41. The molecule has 0 radical (unpaired) electrons. The van der Waals surface area contributed by atoms with Gasteiger partial charge in [-0.15, -0.1) is 0 Å². The van der Waals surface area contributed by atoms with Crippen LogP contribution in [-0.4, -0.2) is 34.6 Å². The second-order valence-electron chi connectivity index (χ2n) is 9.75. The van der Waals surface area contributed by atoms with Crippen molar-refractivity contribution in [1.29, 1.82) is 0 Å². The summed E-state index contributed by atoms with van der Waals surface area (Å²) < 4.78 is 15.6.